The summed E-state index contributed by atoms with van der Waals surface area (Å²) in [5, 5.41) is 0.943. The molecule has 0 radical (unpaired) electrons. The molecule has 0 spiro atoms. The molecule has 0 saturated carbocycles. The summed E-state index contributed by atoms with van der Waals surface area (Å²) in [4.78, 5) is 11.1. The normalized spacial score (nSPS) is 12.6. The number of fused-ring (bicyclic) bond motifs is 1. The van der Waals surface area contributed by atoms with Crippen LogP contribution in [-0.2, 0) is 9.53 Å². The van der Waals surface area contributed by atoms with Gasteiger partial charge >= 0.3 is 5.97 Å². The van der Waals surface area contributed by atoms with Gasteiger partial charge in [0, 0.05) is 17.0 Å². The van der Waals surface area contributed by atoms with Crippen LogP contribution in [0, 0.1) is 0 Å². The summed E-state index contributed by atoms with van der Waals surface area (Å²) in [6.45, 7) is 0. The highest BCUT2D eigenvalue weighted by Gasteiger charge is 2.16. The number of carbonyl (C=O) groups excluding carboxylic acids is 1. The molecule has 1 aromatic heterocycles. The Balaban J connectivity index is 2.29. The van der Waals surface area contributed by atoms with Crippen molar-refractivity contribution in [3.63, 3.8) is 0 Å². The molecule has 1 aromatic carbocycles. The first-order valence-electron chi connectivity index (χ1n) is 5.01. The third kappa shape index (κ3) is 1.92. The van der Waals surface area contributed by atoms with E-state index in [1.165, 1.54) is 7.11 Å². The number of hydrogen-bond donors (Lipinski definition) is 1. The summed E-state index contributed by atoms with van der Waals surface area (Å²) < 4.78 is 9.93. The number of rotatable bonds is 3. The second-order valence-corrected chi connectivity index (χ2v) is 3.57. The van der Waals surface area contributed by atoms with Crippen molar-refractivity contribution in [3.8, 4) is 0 Å². The van der Waals surface area contributed by atoms with Crippen molar-refractivity contribution in [2.45, 2.75) is 12.5 Å². The molecule has 2 rings (SSSR count). The topological polar surface area (TPSA) is 65.5 Å². The Morgan fingerprint density at radius 3 is 3.00 bits per heavy atom. The summed E-state index contributed by atoms with van der Waals surface area (Å²) in [6, 6.07) is 7.19. The lowest BCUT2D eigenvalue weighted by atomic mass is 10.0. The number of para-hydroxylation sites is 1. The van der Waals surface area contributed by atoms with Crippen LogP contribution in [0.1, 0.15) is 18.0 Å². The number of methoxy groups -OCH3 is 1. The standard InChI is InChI=1S/C12H13NO3/c1-15-12(14)6-10(13)9-7-16-11-5-3-2-4-8(9)11/h2-5,7,10H,6,13H2,1H3. The van der Waals surface area contributed by atoms with Crippen molar-refractivity contribution in [1.82, 2.24) is 0 Å². The molecule has 1 heterocycles. The highest BCUT2D eigenvalue weighted by atomic mass is 16.5. The van der Waals surface area contributed by atoms with Crippen LogP contribution >= 0.6 is 0 Å². The lowest BCUT2D eigenvalue weighted by molar-refractivity contribution is -0.141. The number of carbonyl (C=O) groups is 1. The van der Waals surface area contributed by atoms with Crippen LogP contribution in [-0.4, -0.2) is 13.1 Å². The van der Waals surface area contributed by atoms with Gasteiger partial charge in [-0.1, -0.05) is 18.2 Å². The molecular formula is C12H13NO3. The average molecular weight is 219 g/mol. The molecule has 2 N–H and O–H groups in total. The smallest absolute Gasteiger partial charge is 0.307 e. The van der Waals surface area contributed by atoms with Crippen molar-refractivity contribution in [2.75, 3.05) is 7.11 Å². The third-order valence-electron chi connectivity index (χ3n) is 2.52. The largest absolute Gasteiger partial charge is 0.469 e. The van der Waals surface area contributed by atoms with E-state index in [4.69, 9.17) is 10.2 Å². The summed E-state index contributed by atoms with van der Waals surface area (Å²) in [5.41, 5.74) is 7.53. The van der Waals surface area contributed by atoms with E-state index in [9.17, 15) is 4.79 Å². The summed E-state index contributed by atoms with van der Waals surface area (Å²) in [7, 11) is 1.35. The van der Waals surface area contributed by atoms with Gasteiger partial charge in [-0.15, -0.1) is 0 Å². The van der Waals surface area contributed by atoms with E-state index in [1.54, 1.807) is 6.26 Å². The van der Waals surface area contributed by atoms with Crippen molar-refractivity contribution >= 4 is 16.9 Å². The number of benzene rings is 1. The van der Waals surface area contributed by atoms with Crippen molar-refractivity contribution in [1.29, 1.82) is 0 Å². The summed E-state index contributed by atoms with van der Waals surface area (Å²) >= 11 is 0. The van der Waals surface area contributed by atoms with Crippen LogP contribution in [0.5, 0.6) is 0 Å². The second-order valence-electron chi connectivity index (χ2n) is 3.57. The molecule has 84 valence electrons. The van der Waals surface area contributed by atoms with Gasteiger partial charge in [-0.2, -0.15) is 0 Å². The van der Waals surface area contributed by atoms with Crippen LogP contribution in [0.25, 0.3) is 11.0 Å². The molecule has 4 nitrogen and oxygen atoms in total. The molecule has 0 aliphatic rings. The van der Waals surface area contributed by atoms with Crippen LogP contribution in [0.4, 0.5) is 0 Å². The molecule has 0 aliphatic carbocycles. The summed E-state index contributed by atoms with van der Waals surface area (Å²) in [5.74, 6) is -0.321. The Kier molecular flexibility index (Phi) is 2.92. The lowest BCUT2D eigenvalue weighted by Gasteiger charge is -2.07. The zero-order chi connectivity index (χ0) is 11.5. The molecular weight excluding hydrogens is 206 g/mol. The van der Waals surface area contributed by atoms with Crippen LogP contribution in [0.3, 0.4) is 0 Å². The maximum absolute atomic E-state index is 11.1. The Morgan fingerprint density at radius 2 is 2.25 bits per heavy atom. The molecule has 16 heavy (non-hydrogen) atoms. The first-order chi connectivity index (χ1) is 7.72. The van der Waals surface area contributed by atoms with E-state index >= 15 is 0 Å². The highest BCUT2D eigenvalue weighted by molar-refractivity contribution is 5.82. The van der Waals surface area contributed by atoms with E-state index in [0.29, 0.717) is 0 Å². The van der Waals surface area contributed by atoms with Gasteiger partial charge in [-0.05, 0) is 6.07 Å². The molecule has 0 saturated heterocycles. The van der Waals surface area contributed by atoms with Gasteiger partial charge in [0.25, 0.3) is 0 Å². The Hall–Kier alpha value is -1.81. The van der Waals surface area contributed by atoms with Gasteiger partial charge in [0.15, 0.2) is 0 Å². The van der Waals surface area contributed by atoms with Gasteiger partial charge in [-0.3, -0.25) is 4.79 Å². The highest BCUT2D eigenvalue weighted by Crippen LogP contribution is 2.26. The van der Waals surface area contributed by atoms with E-state index in [-0.39, 0.29) is 12.4 Å². The average Bonchev–Trinajstić information content (AvgIpc) is 2.72. The number of hydrogen-bond acceptors (Lipinski definition) is 4. The minimum Gasteiger partial charge on any atom is -0.469 e. The molecule has 0 bridgehead atoms. The zero-order valence-corrected chi connectivity index (χ0v) is 8.97. The molecule has 0 fully saturated rings. The van der Waals surface area contributed by atoms with E-state index < -0.39 is 6.04 Å². The molecule has 0 amide bonds. The predicted molar refractivity (Wildman–Crippen MR) is 59.8 cm³/mol. The van der Waals surface area contributed by atoms with Crippen molar-refractivity contribution in [2.24, 2.45) is 5.73 Å². The maximum Gasteiger partial charge on any atom is 0.307 e. The molecule has 1 unspecified atom stereocenters. The number of esters is 1. The van der Waals surface area contributed by atoms with Gasteiger partial charge in [0.2, 0.25) is 0 Å². The zero-order valence-electron chi connectivity index (χ0n) is 8.97. The fraction of sp³-hybridized carbons (Fsp3) is 0.250. The summed E-state index contributed by atoms with van der Waals surface area (Å²) in [6.07, 6.45) is 1.75. The van der Waals surface area contributed by atoms with Crippen LogP contribution < -0.4 is 5.73 Å². The molecule has 1 atom stereocenters. The fourth-order valence-corrected chi connectivity index (χ4v) is 1.66. The van der Waals surface area contributed by atoms with Gasteiger partial charge in [0.05, 0.1) is 19.8 Å². The first-order valence-corrected chi connectivity index (χ1v) is 5.01. The molecule has 2 aromatic rings. The SMILES string of the molecule is COC(=O)CC(N)c1coc2ccccc12. The van der Waals surface area contributed by atoms with E-state index in [2.05, 4.69) is 4.74 Å². The molecule has 0 aliphatic heterocycles. The quantitative estimate of drug-likeness (QED) is 0.802. The van der Waals surface area contributed by atoms with Crippen LogP contribution in [0.15, 0.2) is 34.9 Å². The molecule has 4 heteroatoms. The van der Waals surface area contributed by atoms with Crippen molar-refractivity contribution < 1.29 is 13.9 Å². The van der Waals surface area contributed by atoms with Gasteiger partial charge in [0.1, 0.15) is 5.58 Å². The van der Waals surface area contributed by atoms with Gasteiger partial charge < -0.3 is 14.9 Å². The maximum atomic E-state index is 11.1. The number of nitrogens with two attached hydrogens (primary N) is 1. The van der Waals surface area contributed by atoms with Gasteiger partial charge in [-0.25, -0.2) is 0 Å². The second kappa shape index (κ2) is 4.37. The fourth-order valence-electron chi connectivity index (χ4n) is 1.66. The number of furan rings is 1. The first kappa shape index (κ1) is 10.7. The van der Waals surface area contributed by atoms with Crippen molar-refractivity contribution in [3.05, 3.63) is 36.1 Å². The van der Waals surface area contributed by atoms with E-state index in [1.807, 2.05) is 24.3 Å². The number of ether oxygens (including phenoxy) is 1. The Bertz CT molecular complexity index is 504. The lowest BCUT2D eigenvalue weighted by Crippen LogP contribution is -2.15. The third-order valence-corrected chi connectivity index (χ3v) is 2.52. The Labute approximate surface area is 93.0 Å². The predicted octanol–water partition coefficient (Wildman–Crippen LogP) is 2.00. The minimum absolute atomic E-state index is 0.153. The van der Waals surface area contributed by atoms with Crippen LogP contribution in [0.2, 0.25) is 0 Å². The minimum atomic E-state index is -0.393. The Morgan fingerprint density at radius 1 is 1.50 bits per heavy atom. The monoisotopic (exact) mass is 219 g/mol. The van der Waals surface area contributed by atoms with E-state index in [0.717, 1.165) is 16.5 Å².